The monoisotopic (exact) mass is 458 g/mol. The lowest BCUT2D eigenvalue weighted by Crippen LogP contribution is -2.32. The number of nitrogens with zero attached hydrogens (tertiary/aromatic N) is 3. The molecule has 162 valence electrons. The van der Waals surface area contributed by atoms with Gasteiger partial charge in [-0.05, 0) is 41.6 Å². The lowest BCUT2D eigenvalue weighted by atomic mass is 10.1. The zero-order chi connectivity index (χ0) is 21.8. The Labute approximate surface area is 183 Å². The van der Waals surface area contributed by atoms with Crippen LogP contribution in [-0.2, 0) is 17.9 Å². The first-order valence-electron chi connectivity index (χ1n) is 9.83. The summed E-state index contributed by atoms with van der Waals surface area (Å²) in [5.41, 5.74) is 3.72. The highest BCUT2D eigenvalue weighted by Crippen LogP contribution is 2.41. The van der Waals surface area contributed by atoms with Crippen LogP contribution in [0, 0.1) is 6.92 Å². The third-order valence-corrected chi connectivity index (χ3v) is 8.17. The van der Waals surface area contributed by atoms with E-state index in [1.807, 2.05) is 30.3 Å². The molecule has 1 saturated heterocycles. The Bertz CT molecular complexity index is 1370. The first kappa shape index (κ1) is 20.3. The predicted molar refractivity (Wildman–Crippen MR) is 124 cm³/mol. The fourth-order valence-electron chi connectivity index (χ4n) is 4.19. The molecule has 3 N–H and O–H groups in total. The van der Waals surface area contributed by atoms with Gasteiger partial charge in [0, 0.05) is 23.2 Å². The van der Waals surface area contributed by atoms with Gasteiger partial charge in [0.05, 0.1) is 17.6 Å². The molecule has 0 saturated carbocycles. The molecule has 31 heavy (non-hydrogen) atoms. The Balaban J connectivity index is 1.52. The molecule has 8 nitrogen and oxygen atoms in total. The van der Waals surface area contributed by atoms with Gasteiger partial charge in [-0.15, -0.1) is 11.3 Å². The largest absolute Gasteiger partial charge is 0.329 e. The topological polar surface area (TPSA) is 99.7 Å². The second-order valence-electron chi connectivity index (χ2n) is 7.63. The number of imidazole rings is 1. The quantitative estimate of drug-likeness (QED) is 0.426. The number of para-hydroxylation sites is 2. The molecular weight excluding hydrogens is 436 g/mol. The Kier molecular flexibility index (Phi) is 4.91. The molecule has 0 radical (unpaired) electrons. The molecule has 5 rings (SSSR count). The summed E-state index contributed by atoms with van der Waals surface area (Å²) in [6.45, 7) is 2.83. The summed E-state index contributed by atoms with van der Waals surface area (Å²) < 4.78 is 28.1. The molecule has 2 aromatic heterocycles. The Morgan fingerprint density at radius 2 is 1.77 bits per heavy atom. The molecule has 3 heterocycles. The van der Waals surface area contributed by atoms with Gasteiger partial charge in [-0.2, -0.15) is 4.31 Å². The molecule has 1 amide bonds. The van der Waals surface area contributed by atoms with Crippen molar-refractivity contribution in [2.45, 2.75) is 20.0 Å². The third-order valence-electron chi connectivity index (χ3n) is 5.64. The normalized spacial score (nSPS) is 17.5. The zero-order valence-electron chi connectivity index (χ0n) is 16.8. The van der Waals surface area contributed by atoms with E-state index in [1.54, 1.807) is 20.5 Å². The number of carbonyl (C=O) groups is 1. The molecule has 2 aromatic carbocycles. The van der Waals surface area contributed by atoms with Crippen LogP contribution in [0.4, 0.5) is 0 Å². The number of nitrogens with one attached hydrogen (secondary N) is 1. The lowest BCUT2D eigenvalue weighted by Gasteiger charge is -2.34. The average Bonchev–Trinajstić information content (AvgIpc) is 3.34. The van der Waals surface area contributed by atoms with E-state index in [0.717, 1.165) is 16.6 Å². The third kappa shape index (κ3) is 3.46. The second-order valence-corrected chi connectivity index (χ2v) is 10.3. The maximum atomic E-state index is 13.4. The number of hydrogen-bond donors (Lipinski definition) is 3. The van der Waals surface area contributed by atoms with E-state index in [4.69, 9.17) is 0 Å². The van der Waals surface area contributed by atoms with Crippen molar-refractivity contribution in [2.75, 3.05) is 13.1 Å². The van der Waals surface area contributed by atoms with E-state index in [-0.39, 0.29) is 25.3 Å². The average molecular weight is 459 g/mol. The Hall–Kier alpha value is -2.63. The molecule has 0 bridgehead atoms. The highest BCUT2D eigenvalue weighted by Gasteiger charge is 2.34. The first-order valence-corrected chi connectivity index (χ1v) is 12.2. The van der Waals surface area contributed by atoms with Gasteiger partial charge in [-0.1, -0.05) is 35.2 Å². The highest BCUT2D eigenvalue weighted by molar-refractivity contribution is 8.21. The van der Waals surface area contributed by atoms with Crippen molar-refractivity contribution in [3.8, 4) is 0 Å². The van der Waals surface area contributed by atoms with E-state index >= 15 is 0 Å². The molecule has 0 atom stereocenters. The van der Waals surface area contributed by atoms with Gasteiger partial charge in [0.25, 0.3) is 5.91 Å². The first-order chi connectivity index (χ1) is 14.8. The molecule has 4 aromatic rings. The minimum Gasteiger partial charge on any atom is -0.291 e. The summed E-state index contributed by atoms with van der Waals surface area (Å²) in [4.78, 5) is 24.9. The number of carbonyl (C=O) groups excluding carboxylic acids is 1. The minimum absolute atomic E-state index is 0.101. The van der Waals surface area contributed by atoms with E-state index in [0.29, 0.717) is 6.54 Å². The van der Waals surface area contributed by atoms with Gasteiger partial charge in [0.1, 0.15) is 6.54 Å². The van der Waals surface area contributed by atoms with E-state index in [1.165, 1.54) is 20.0 Å². The van der Waals surface area contributed by atoms with E-state index in [2.05, 4.69) is 29.2 Å². The van der Waals surface area contributed by atoms with Crippen molar-refractivity contribution in [1.82, 2.24) is 18.2 Å². The van der Waals surface area contributed by atoms with Crippen LogP contribution in [0.1, 0.15) is 11.1 Å². The number of aromatic nitrogens is 2. The van der Waals surface area contributed by atoms with Crippen LogP contribution < -0.4 is 10.4 Å². The van der Waals surface area contributed by atoms with Crippen molar-refractivity contribution in [3.63, 3.8) is 0 Å². The number of benzene rings is 2. The van der Waals surface area contributed by atoms with Gasteiger partial charge in [0.15, 0.2) is 0 Å². The van der Waals surface area contributed by atoms with Crippen LogP contribution in [0.2, 0.25) is 0 Å². The fraction of sp³-hybridized carbons (Fsp3) is 0.238. The second kappa shape index (κ2) is 7.50. The van der Waals surface area contributed by atoms with Gasteiger partial charge in [-0.3, -0.25) is 23.0 Å². The standard InChI is InChI=1S/C21H22N4O4S2/c1-14-5-4-8-18-20(14)15(13-30-18)11-25-17-7-3-2-6-16(17)24(21(25)27)10-9-23-12-19(26)22-31(23,28)29/h2-8,13,28-29H,9-12H2,1H3,(H,22,26). The Morgan fingerprint density at radius 3 is 2.48 bits per heavy atom. The van der Waals surface area contributed by atoms with Crippen molar-refractivity contribution in [3.05, 3.63) is 69.5 Å². The number of hydrogen-bond acceptors (Lipinski definition) is 6. The van der Waals surface area contributed by atoms with Gasteiger partial charge in [0.2, 0.25) is 0 Å². The number of rotatable bonds is 5. The summed E-state index contributed by atoms with van der Waals surface area (Å²) in [7, 11) is -3.32. The SMILES string of the molecule is Cc1cccc2scc(Cn3c(=O)n(CCN4CC(=O)NS4(O)O)c4ccccc43)c12. The maximum absolute atomic E-state index is 13.4. The van der Waals surface area contributed by atoms with Crippen LogP contribution in [0.15, 0.2) is 52.6 Å². The van der Waals surface area contributed by atoms with Crippen molar-refractivity contribution < 1.29 is 13.9 Å². The molecule has 0 aliphatic carbocycles. The van der Waals surface area contributed by atoms with Gasteiger partial charge < -0.3 is 0 Å². The number of aryl methyl sites for hydroxylation is 1. The van der Waals surface area contributed by atoms with E-state index < -0.39 is 16.9 Å². The predicted octanol–water partition coefficient (Wildman–Crippen LogP) is 3.39. The summed E-state index contributed by atoms with van der Waals surface area (Å²) >= 11 is 1.67. The van der Waals surface area contributed by atoms with Crippen molar-refractivity contribution >= 4 is 49.3 Å². The summed E-state index contributed by atoms with van der Waals surface area (Å²) in [6, 6.07) is 13.8. The zero-order valence-corrected chi connectivity index (χ0v) is 18.4. The van der Waals surface area contributed by atoms with Crippen LogP contribution in [0.5, 0.6) is 0 Å². The minimum atomic E-state index is -3.32. The van der Waals surface area contributed by atoms with Crippen LogP contribution in [0.25, 0.3) is 21.1 Å². The Morgan fingerprint density at radius 1 is 1.03 bits per heavy atom. The summed E-state index contributed by atoms with van der Waals surface area (Å²) in [6.07, 6.45) is 0. The molecule has 1 aliphatic rings. The van der Waals surface area contributed by atoms with Crippen LogP contribution in [0.3, 0.4) is 0 Å². The van der Waals surface area contributed by atoms with Crippen molar-refractivity contribution in [2.24, 2.45) is 0 Å². The fourth-order valence-corrected chi connectivity index (χ4v) is 6.35. The molecule has 1 aliphatic heterocycles. The smallest absolute Gasteiger partial charge is 0.291 e. The molecule has 10 heteroatoms. The highest BCUT2D eigenvalue weighted by atomic mass is 32.3. The molecule has 1 fully saturated rings. The van der Waals surface area contributed by atoms with Gasteiger partial charge in [-0.25, -0.2) is 9.52 Å². The van der Waals surface area contributed by atoms with Gasteiger partial charge >= 0.3 is 5.69 Å². The van der Waals surface area contributed by atoms with E-state index in [9.17, 15) is 18.7 Å². The number of thiophene rings is 1. The molecular formula is C21H22N4O4S2. The van der Waals surface area contributed by atoms with Crippen LogP contribution in [-0.4, -0.2) is 41.5 Å². The van der Waals surface area contributed by atoms with Crippen molar-refractivity contribution in [1.29, 1.82) is 0 Å². The lowest BCUT2D eigenvalue weighted by molar-refractivity contribution is -0.118. The summed E-state index contributed by atoms with van der Waals surface area (Å²) in [5.74, 6) is -0.436. The summed E-state index contributed by atoms with van der Waals surface area (Å²) in [5, 5.41) is 3.29. The number of amides is 1. The molecule has 0 unspecified atom stereocenters. The van der Waals surface area contributed by atoms with Crippen LogP contribution >= 0.6 is 22.3 Å². The number of fused-ring (bicyclic) bond motifs is 2. The molecule has 0 spiro atoms. The maximum Gasteiger partial charge on any atom is 0.329 e.